The van der Waals surface area contributed by atoms with Crippen molar-refractivity contribution in [2.24, 2.45) is 22.7 Å². The Hall–Kier alpha value is -4.22. The van der Waals surface area contributed by atoms with Crippen LogP contribution in [0.3, 0.4) is 0 Å². The molecule has 1 aromatic rings. The summed E-state index contributed by atoms with van der Waals surface area (Å²) in [5, 5.41) is 10.6. The summed E-state index contributed by atoms with van der Waals surface area (Å²) in [6.45, 7) is 18.5. The molecule has 0 bridgehead atoms. The summed E-state index contributed by atoms with van der Waals surface area (Å²) in [5.74, 6) is -3.29. The SMILES string of the molecule is C=CC[C@H](NC(=O)[C@@H]1[C@@H]2[C@H](CN1C(=O)[C@@H](NC(=O)OC(C)(C)C)C(C)(C)C)C2(C)C)C(=O)C(=O)NCCC(=O)Nc1ccccc1. The smallest absolute Gasteiger partial charge is 0.408 e. The monoisotopic (exact) mass is 639 g/mol. The van der Waals surface area contributed by atoms with Gasteiger partial charge in [0.05, 0.1) is 0 Å². The molecule has 0 aromatic heterocycles. The highest BCUT2D eigenvalue weighted by molar-refractivity contribution is 6.38. The third-order valence-corrected chi connectivity index (χ3v) is 8.49. The van der Waals surface area contributed by atoms with Gasteiger partial charge in [0.15, 0.2) is 0 Å². The van der Waals surface area contributed by atoms with Gasteiger partial charge in [-0.3, -0.25) is 24.0 Å². The third kappa shape index (κ3) is 8.95. The average Bonchev–Trinajstić information content (AvgIpc) is 3.26. The van der Waals surface area contributed by atoms with E-state index < -0.39 is 58.7 Å². The first kappa shape index (κ1) is 36.3. The van der Waals surface area contributed by atoms with E-state index in [1.807, 2.05) is 40.7 Å². The number of carbonyl (C=O) groups is 6. The Bertz CT molecular complexity index is 1350. The van der Waals surface area contributed by atoms with Crippen molar-refractivity contribution in [3.8, 4) is 0 Å². The zero-order valence-corrected chi connectivity index (χ0v) is 28.2. The van der Waals surface area contributed by atoms with Gasteiger partial charge < -0.3 is 30.9 Å². The van der Waals surface area contributed by atoms with Crippen molar-refractivity contribution < 1.29 is 33.5 Å². The lowest BCUT2D eigenvalue weighted by Gasteiger charge is -2.38. The summed E-state index contributed by atoms with van der Waals surface area (Å²) in [5.41, 5.74) is -1.09. The number of likely N-dealkylation sites (tertiary alicyclic amines) is 1. The number of alkyl carbamates (subject to hydrolysis) is 1. The van der Waals surface area contributed by atoms with Crippen LogP contribution < -0.4 is 21.3 Å². The predicted molar refractivity (Wildman–Crippen MR) is 173 cm³/mol. The Morgan fingerprint density at radius 3 is 2.22 bits per heavy atom. The van der Waals surface area contributed by atoms with Crippen LogP contribution in [0.15, 0.2) is 43.0 Å². The predicted octanol–water partition coefficient (Wildman–Crippen LogP) is 3.18. The molecular weight excluding hydrogens is 590 g/mol. The van der Waals surface area contributed by atoms with Crippen molar-refractivity contribution in [3.05, 3.63) is 43.0 Å². The molecular formula is C34H49N5O7. The van der Waals surface area contributed by atoms with Gasteiger partial charge in [0.1, 0.15) is 23.7 Å². The number of ether oxygens (including phenoxy) is 1. The van der Waals surface area contributed by atoms with Crippen LogP contribution in [0.4, 0.5) is 10.5 Å². The highest BCUT2D eigenvalue weighted by Crippen LogP contribution is 2.65. The van der Waals surface area contributed by atoms with Crippen molar-refractivity contribution in [3.63, 3.8) is 0 Å². The topological polar surface area (TPSA) is 163 Å². The van der Waals surface area contributed by atoms with Gasteiger partial charge in [-0.1, -0.05) is 58.9 Å². The molecule has 2 fully saturated rings. The number of fused-ring (bicyclic) bond motifs is 1. The normalized spacial score (nSPS) is 21.1. The van der Waals surface area contributed by atoms with Gasteiger partial charge in [-0.25, -0.2) is 4.79 Å². The van der Waals surface area contributed by atoms with Crippen LogP contribution in [0.25, 0.3) is 0 Å². The van der Waals surface area contributed by atoms with Crippen LogP contribution in [0.1, 0.15) is 68.2 Å². The highest BCUT2D eigenvalue weighted by atomic mass is 16.6. The molecule has 3 rings (SSSR count). The molecule has 1 aliphatic heterocycles. The summed E-state index contributed by atoms with van der Waals surface area (Å²) in [7, 11) is 0. The molecule has 5 amide bonds. The molecule has 4 N–H and O–H groups in total. The number of amides is 5. The second-order valence-electron chi connectivity index (χ2n) is 14.7. The third-order valence-electron chi connectivity index (χ3n) is 8.49. The van der Waals surface area contributed by atoms with E-state index in [0.29, 0.717) is 12.2 Å². The van der Waals surface area contributed by atoms with Gasteiger partial charge in [0.25, 0.3) is 5.91 Å². The standard InChI is InChI=1S/C34H49N5O7/c1-10-14-22(26(41)29(43)35-18-17-23(40)36-20-15-12-11-13-16-20)37-28(42)25-24-21(34(24,8)9)19-39(25)30(44)27(32(2,3)4)38-31(45)46-33(5,6)7/h10-13,15-16,21-22,24-25,27H,1,14,17-19H2,2-9H3,(H,35,43)(H,36,40)(H,37,42)(H,38,45)/t21-,22-,24-,25-,27+/m0/s1. The quantitative estimate of drug-likeness (QED) is 0.202. The first-order valence-electron chi connectivity index (χ1n) is 15.7. The van der Waals surface area contributed by atoms with Crippen molar-refractivity contribution in [2.45, 2.75) is 92.0 Å². The van der Waals surface area contributed by atoms with Gasteiger partial charge in [0, 0.05) is 25.2 Å². The lowest BCUT2D eigenvalue weighted by Crippen LogP contribution is -2.60. The first-order chi connectivity index (χ1) is 21.3. The van der Waals surface area contributed by atoms with Crippen molar-refractivity contribution in [2.75, 3.05) is 18.4 Å². The Kier molecular flexibility index (Phi) is 11.1. The van der Waals surface area contributed by atoms with E-state index in [4.69, 9.17) is 4.74 Å². The fourth-order valence-electron chi connectivity index (χ4n) is 5.99. The number of hydrogen-bond donors (Lipinski definition) is 4. The molecule has 12 nitrogen and oxygen atoms in total. The van der Waals surface area contributed by atoms with E-state index in [9.17, 15) is 28.8 Å². The number of nitrogens with one attached hydrogen (secondary N) is 4. The molecule has 252 valence electrons. The van der Waals surface area contributed by atoms with E-state index >= 15 is 0 Å². The number of rotatable bonds is 12. The Labute approximate surface area is 271 Å². The van der Waals surface area contributed by atoms with E-state index in [1.54, 1.807) is 45.0 Å². The van der Waals surface area contributed by atoms with Crippen LogP contribution in [0.2, 0.25) is 0 Å². The maximum Gasteiger partial charge on any atom is 0.408 e. The Morgan fingerprint density at radius 2 is 1.65 bits per heavy atom. The van der Waals surface area contributed by atoms with Gasteiger partial charge in [-0.15, -0.1) is 6.58 Å². The Balaban J connectivity index is 1.70. The lowest BCUT2D eigenvalue weighted by molar-refractivity contribution is -0.145. The van der Waals surface area contributed by atoms with Gasteiger partial charge in [0.2, 0.25) is 23.5 Å². The van der Waals surface area contributed by atoms with Crippen molar-refractivity contribution in [1.29, 1.82) is 0 Å². The number of hydrogen-bond acceptors (Lipinski definition) is 7. The zero-order chi connectivity index (χ0) is 34.6. The fraction of sp³-hybridized carbons (Fsp3) is 0.588. The molecule has 0 radical (unpaired) electrons. The molecule has 1 saturated heterocycles. The minimum absolute atomic E-state index is 0.0184. The zero-order valence-electron chi connectivity index (χ0n) is 28.2. The summed E-state index contributed by atoms with van der Waals surface area (Å²) >= 11 is 0. The first-order valence-corrected chi connectivity index (χ1v) is 15.7. The summed E-state index contributed by atoms with van der Waals surface area (Å²) in [4.78, 5) is 80.2. The largest absolute Gasteiger partial charge is 0.444 e. The molecule has 0 unspecified atom stereocenters. The molecule has 12 heteroatoms. The molecule has 46 heavy (non-hydrogen) atoms. The number of para-hydroxylation sites is 1. The molecule has 2 aliphatic rings. The van der Waals surface area contributed by atoms with Crippen molar-refractivity contribution >= 4 is 41.2 Å². The van der Waals surface area contributed by atoms with E-state index in [0.717, 1.165) is 0 Å². The molecule has 1 aliphatic carbocycles. The van der Waals surface area contributed by atoms with Crippen LogP contribution in [-0.4, -0.2) is 77.2 Å². The fourth-order valence-corrected chi connectivity index (χ4v) is 5.99. The van der Waals surface area contributed by atoms with E-state index in [1.165, 1.54) is 11.0 Å². The second kappa shape index (κ2) is 14.0. The van der Waals surface area contributed by atoms with Crippen LogP contribution in [0, 0.1) is 22.7 Å². The number of nitrogens with zero attached hydrogens (tertiary/aromatic N) is 1. The molecule has 1 heterocycles. The minimum Gasteiger partial charge on any atom is -0.444 e. The molecule has 1 saturated carbocycles. The van der Waals surface area contributed by atoms with Gasteiger partial charge in [-0.05, 0) is 62.0 Å². The number of benzene rings is 1. The number of piperidine rings is 1. The summed E-state index contributed by atoms with van der Waals surface area (Å²) < 4.78 is 5.40. The maximum atomic E-state index is 14.0. The van der Waals surface area contributed by atoms with Crippen LogP contribution in [-0.2, 0) is 28.7 Å². The number of ketones is 1. The minimum atomic E-state index is -1.22. The van der Waals surface area contributed by atoms with E-state index in [2.05, 4.69) is 27.8 Å². The Morgan fingerprint density at radius 1 is 1.02 bits per heavy atom. The van der Waals surface area contributed by atoms with Crippen LogP contribution in [0.5, 0.6) is 0 Å². The summed E-state index contributed by atoms with van der Waals surface area (Å²) in [6.07, 6.45) is 0.600. The number of Topliss-reactive ketones (excluding diaryl/α,β-unsaturated/α-hetero) is 1. The molecule has 0 spiro atoms. The molecule has 5 atom stereocenters. The lowest BCUT2D eigenvalue weighted by atomic mass is 9.85. The van der Waals surface area contributed by atoms with Gasteiger partial charge >= 0.3 is 6.09 Å². The van der Waals surface area contributed by atoms with E-state index in [-0.39, 0.29) is 42.5 Å². The number of carbonyl (C=O) groups excluding carboxylic acids is 6. The molecule has 1 aromatic carbocycles. The van der Waals surface area contributed by atoms with Gasteiger partial charge in [-0.2, -0.15) is 0 Å². The summed E-state index contributed by atoms with van der Waals surface area (Å²) in [6, 6.07) is 5.70. The number of anilines is 1. The highest BCUT2D eigenvalue weighted by Gasteiger charge is 2.70. The van der Waals surface area contributed by atoms with Crippen LogP contribution >= 0.6 is 0 Å². The maximum absolute atomic E-state index is 14.0. The second-order valence-corrected chi connectivity index (χ2v) is 14.7. The average molecular weight is 640 g/mol. The van der Waals surface area contributed by atoms with Crippen molar-refractivity contribution in [1.82, 2.24) is 20.9 Å².